The van der Waals surface area contributed by atoms with E-state index in [9.17, 15) is 0 Å². The molecule has 0 spiro atoms. The largest absolute Gasteiger partial charge is 0.491 e. The highest BCUT2D eigenvalue weighted by atomic mass is 16.5. The van der Waals surface area contributed by atoms with Crippen LogP contribution >= 0.6 is 0 Å². The lowest BCUT2D eigenvalue weighted by Gasteiger charge is -2.14. The second-order valence-corrected chi connectivity index (χ2v) is 5.01. The molecule has 5 nitrogen and oxygen atoms in total. The molecule has 21 heavy (non-hydrogen) atoms. The highest BCUT2D eigenvalue weighted by Crippen LogP contribution is 2.36. The average molecular weight is 278 g/mol. The fourth-order valence-corrected chi connectivity index (χ4v) is 2.72. The monoisotopic (exact) mass is 278 g/mol. The summed E-state index contributed by atoms with van der Waals surface area (Å²) in [6.45, 7) is 2.50. The zero-order chi connectivity index (χ0) is 14.2. The molecule has 0 bridgehead atoms. The number of hydrogen-bond acceptors (Lipinski definition) is 4. The number of aromatic nitrogens is 4. The highest BCUT2D eigenvalue weighted by molar-refractivity contribution is 5.51. The smallest absolute Gasteiger partial charge is 0.159 e. The molecule has 3 heterocycles. The van der Waals surface area contributed by atoms with Crippen molar-refractivity contribution in [1.29, 1.82) is 0 Å². The van der Waals surface area contributed by atoms with Gasteiger partial charge in [0.25, 0.3) is 0 Å². The van der Waals surface area contributed by atoms with Crippen LogP contribution in [0.1, 0.15) is 17.4 Å². The lowest BCUT2D eigenvalue weighted by molar-refractivity contribution is 0.317. The van der Waals surface area contributed by atoms with Crippen LogP contribution in [-0.2, 0) is 0 Å². The van der Waals surface area contributed by atoms with Crippen molar-refractivity contribution < 1.29 is 4.74 Å². The molecule has 0 radical (unpaired) electrons. The van der Waals surface area contributed by atoms with Crippen molar-refractivity contribution in [2.75, 3.05) is 6.61 Å². The van der Waals surface area contributed by atoms with Crippen molar-refractivity contribution >= 4 is 0 Å². The number of fused-ring (bicyclic) bond motifs is 1. The molecular weight excluding hydrogens is 264 g/mol. The van der Waals surface area contributed by atoms with Crippen molar-refractivity contribution in [3.05, 3.63) is 60.3 Å². The molecule has 4 rings (SSSR count). The van der Waals surface area contributed by atoms with Crippen LogP contribution in [-0.4, -0.2) is 26.1 Å². The van der Waals surface area contributed by atoms with E-state index in [1.165, 1.54) is 5.56 Å². The summed E-state index contributed by atoms with van der Waals surface area (Å²) in [6, 6.07) is 10.1. The predicted molar refractivity (Wildman–Crippen MR) is 78.1 cm³/mol. The van der Waals surface area contributed by atoms with E-state index in [2.05, 4.69) is 25.6 Å². The molecule has 1 unspecified atom stereocenters. The van der Waals surface area contributed by atoms with Gasteiger partial charge in [0, 0.05) is 24.2 Å². The standard InChI is InChI=1S/C16H14N4O/c1-11-17-7-6-13(19-11)16-18-8-9-20(16)14-10-21-15-5-3-2-4-12(14)15/h2-9,14H,10H2,1H3. The van der Waals surface area contributed by atoms with Gasteiger partial charge in [-0.15, -0.1) is 0 Å². The van der Waals surface area contributed by atoms with Crippen LogP contribution in [0.3, 0.4) is 0 Å². The zero-order valence-corrected chi connectivity index (χ0v) is 11.6. The van der Waals surface area contributed by atoms with E-state index in [0.717, 1.165) is 23.1 Å². The summed E-state index contributed by atoms with van der Waals surface area (Å²) in [5.41, 5.74) is 2.01. The first-order valence-electron chi connectivity index (χ1n) is 6.87. The minimum absolute atomic E-state index is 0.133. The Hall–Kier alpha value is -2.69. The number of para-hydroxylation sites is 1. The molecular formula is C16H14N4O. The summed E-state index contributed by atoms with van der Waals surface area (Å²) in [4.78, 5) is 13.1. The molecule has 1 aliphatic heterocycles. The van der Waals surface area contributed by atoms with Gasteiger partial charge in [0.1, 0.15) is 23.9 Å². The second-order valence-electron chi connectivity index (χ2n) is 5.01. The van der Waals surface area contributed by atoms with Gasteiger partial charge < -0.3 is 9.30 Å². The maximum atomic E-state index is 5.77. The van der Waals surface area contributed by atoms with Gasteiger partial charge >= 0.3 is 0 Å². The molecule has 0 N–H and O–H groups in total. The third-order valence-electron chi connectivity index (χ3n) is 3.68. The van der Waals surface area contributed by atoms with Gasteiger partial charge in [0.15, 0.2) is 5.82 Å². The fourth-order valence-electron chi connectivity index (χ4n) is 2.72. The summed E-state index contributed by atoms with van der Waals surface area (Å²) in [5.74, 6) is 2.52. The third-order valence-corrected chi connectivity index (χ3v) is 3.68. The number of aryl methyl sites for hydroxylation is 1. The fraction of sp³-hybridized carbons (Fsp3) is 0.188. The first kappa shape index (κ1) is 12.1. The van der Waals surface area contributed by atoms with Gasteiger partial charge in [-0.2, -0.15) is 0 Å². The second kappa shape index (κ2) is 4.70. The molecule has 1 atom stereocenters. The van der Waals surface area contributed by atoms with E-state index in [-0.39, 0.29) is 6.04 Å². The van der Waals surface area contributed by atoms with Crippen molar-refractivity contribution in [1.82, 2.24) is 19.5 Å². The Morgan fingerprint density at radius 1 is 1.14 bits per heavy atom. The SMILES string of the molecule is Cc1nccc(-c2nccn2C2COc3ccccc32)n1. The Balaban J connectivity index is 1.80. The molecule has 0 amide bonds. The summed E-state index contributed by atoms with van der Waals surface area (Å²) < 4.78 is 7.89. The topological polar surface area (TPSA) is 52.8 Å². The molecule has 5 heteroatoms. The average Bonchev–Trinajstić information content (AvgIpc) is 3.13. The number of nitrogens with zero attached hydrogens (tertiary/aromatic N) is 4. The normalized spacial score (nSPS) is 16.5. The van der Waals surface area contributed by atoms with Crippen molar-refractivity contribution in [2.24, 2.45) is 0 Å². The number of rotatable bonds is 2. The Morgan fingerprint density at radius 2 is 2.05 bits per heavy atom. The van der Waals surface area contributed by atoms with Crippen LogP contribution in [0, 0.1) is 6.92 Å². The predicted octanol–water partition coefficient (Wildman–Crippen LogP) is 2.63. The van der Waals surface area contributed by atoms with Gasteiger partial charge in [-0.05, 0) is 19.1 Å². The third kappa shape index (κ3) is 1.98. The lowest BCUT2D eigenvalue weighted by Crippen LogP contribution is -2.13. The quantitative estimate of drug-likeness (QED) is 0.723. The van der Waals surface area contributed by atoms with Crippen LogP contribution in [0.2, 0.25) is 0 Å². The molecule has 1 aromatic carbocycles. The van der Waals surface area contributed by atoms with E-state index in [4.69, 9.17) is 4.74 Å². The van der Waals surface area contributed by atoms with Crippen molar-refractivity contribution in [3.63, 3.8) is 0 Å². The van der Waals surface area contributed by atoms with Gasteiger partial charge in [-0.1, -0.05) is 18.2 Å². The van der Waals surface area contributed by atoms with Gasteiger partial charge in [0.05, 0.1) is 6.04 Å². The molecule has 1 aliphatic rings. The molecule has 104 valence electrons. The first-order valence-corrected chi connectivity index (χ1v) is 6.87. The number of imidazole rings is 1. The van der Waals surface area contributed by atoms with Crippen LogP contribution in [0.4, 0.5) is 0 Å². The Kier molecular flexibility index (Phi) is 2.70. The van der Waals surface area contributed by atoms with Crippen LogP contribution in [0.25, 0.3) is 11.5 Å². The molecule has 0 saturated carbocycles. The van der Waals surface area contributed by atoms with Crippen molar-refractivity contribution in [3.8, 4) is 17.3 Å². The Bertz CT molecular complexity index is 796. The maximum absolute atomic E-state index is 5.77. The summed E-state index contributed by atoms with van der Waals surface area (Å²) in [7, 11) is 0. The maximum Gasteiger partial charge on any atom is 0.159 e. The molecule has 2 aromatic heterocycles. The molecule has 3 aromatic rings. The van der Waals surface area contributed by atoms with E-state index in [1.807, 2.05) is 37.4 Å². The van der Waals surface area contributed by atoms with Crippen molar-refractivity contribution in [2.45, 2.75) is 13.0 Å². The number of hydrogen-bond donors (Lipinski definition) is 0. The summed E-state index contributed by atoms with van der Waals surface area (Å²) >= 11 is 0. The van der Waals surface area contributed by atoms with E-state index < -0.39 is 0 Å². The molecule has 0 fully saturated rings. The summed E-state index contributed by atoms with van der Waals surface area (Å²) in [5, 5.41) is 0. The molecule has 0 saturated heterocycles. The van der Waals surface area contributed by atoms with Crippen LogP contribution in [0.15, 0.2) is 48.9 Å². The first-order chi connectivity index (χ1) is 10.3. The zero-order valence-electron chi connectivity index (χ0n) is 11.6. The lowest BCUT2D eigenvalue weighted by atomic mass is 10.1. The van der Waals surface area contributed by atoms with E-state index >= 15 is 0 Å². The van der Waals surface area contributed by atoms with E-state index in [0.29, 0.717) is 6.61 Å². The number of benzene rings is 1. The van der Waals surface area contributed by atoms with Crippen LogP contribution < -0.4 is 4.74 Å². The minimum Gasteiger partial charge on any atom is -0.491 e. The molecule has 0 aliphatic carbocycles. The number of ether oxygens (including phenoxy) is 1. The minimum atomic E-state index is 0.133. The van der Waals surface area contributed by atoms with Gasteiger partial charge in [0.2, 0.25) is 0 Å². The summed E-state index contributed by atoms with van der Waals surface area (Å²) in [6.07, 6.45) is 5.53. The van der Waals surface area contributed by atoms with Gasteiger partial charge in [-0.3, -0.25) is 0 Å². The van der Waals surface area contributed by atoms with Crippen LogP contribution in [0.5, 0.6) is 5.75 Å². The Labute approximate surface area is 122 Å². The van der Waals surface area contributed by atoms with E-state index in [1.54, 1.807) is 12.4 Å². The Morgan fingerprint density at radius 3 is 2.95 bits per heavy atom. The van der Waals surface area contributed by atoms with Gasteiger partial charge in [-0.25, -0.2) is 15.0 Å². The highest BCUT2D eigenvalue weighted by Gasteiger charge is 2.27.